The van der Waals surface area contributed by atoms with Crippen LogP contribution in [0.1, 0.15) is 47.5 Å². The minimum Gasteiger partial charge on any atom is -0.288 e. The van der Waals surface area contributed by atoms with E-state index in [1.807, 2.05) is 0 Å². The van der Waals surface area contributed by atoms with E-state index in [1.54, 1.807) is 0 Å². The van der Waals surface area contributed by atoms with Crippen molar-refractivity contribution in [2.75, 3.05) is 0 Å². The van der Waals surface area contributed by atoms with Gasteiger partial charge >= 0.3 is 0 Å². The molecule has 1 atom stereocenters. The summed E-state index contributed by atoms with van der Waals surface area (Å²) in [4.78, 5) is 4.76. The van der Waals surface area contributed by atoms with Gasteiger partial charge in [-0.25, -0.2) is 0 Å². The zero-order valence-electron chi connectivity index (χ0n) is 9.02. The number of hydrogen-bond donors (Lipinski definition) is 0. The van der Waals surface area contributed by atoms with Crippen molar-refractivity contribution in [1.82, 2.24) is 0 Å². The molecule has 0 bridgehead atoms. The highest BCUT2D eigenvalue weighted by atomic mass is 14.9. The van der Waals surface area contributed by atoms with Crippen LogP contribution < -0.4 is 0 Å². The Balaban J connectivity index is 2.77. The molecular weight excluding hydrogens is 146 g/mol. The van der Waals surface area contributed by atoms with Gasteiger partial charge in [0.2, 0.25) is 0 Å². The quantitative estimate of drug-likeness (QED) is 0.598. The number of rotatable bonds is 2. The maximum absolute atomic E-state index is 4.76. The highest BCUT2D eigenvalue weighted by Crippen LogP contribution is 2.34. The average molecular weight is 167 g/mol. The molecular formula is C11H21N. The minimum atomic E-state index is 0.209. The van der Waals surface area contributed by atoms with E-state index >= 15 is 0 Å². The summed E-state index contributed by atoms with van der Waals surface area (Å²) in [5.41, 5.74) is 1.65. The Kier molecular flexibility index (Phi) is 2.60. The Morgan fingerprint density at radius 2 is 2.08 bits per heavy atom. The fraction of sp³-hybridized carbons (Fsp3) is 0.909. The van der Waals surface area contributed by atoms with E-state index in [-0.39, 0.29) is 5.54 Å². The predicted molar refractivity (Wildman–Crippen MR) is 54.8 cm³/mol. The first kappa shape index (κ1) is 9.76. The molecule has 0 radical (unpaired) electrons. The molecule has 0 aromatic heterocycles. The Morgan fingerprint density at radius 1 is 1.50 bits per heavy atom. The van der Waals surface area contributed by atoms with E-state index in [0.717, 1.165) is 18.3 Å². The maximum Gasteiger partial charge on any atom is 0.0558 e. The van der Waals surface area contributed by atoms with Gasteiger partial charge < -0.3 is 0 Å². The molecule has 0 aromatic carbocycles. The van der Waals surface area contributed by atoms with Crippen molar-refractivity contribution in [2.24, 2.45) is 16.8 Å². The lowest BCUT2D eigenvalue weighted by molar-refractivity contribution is 0.397. The van der Waals surface area contributed by atoms with Gasteiger partial charge in [-0.05, 0) is 32.6 Å². The Bertz CT molecular complexity index is 189. The molecule has 1 nitrogen and oxygen atoms in total. The van der Waals surface area contributed by atoms with E-state index in [0.29, 0.717) is 0 Å². The zero-order chi connectivity index (χ0) is 9.35. The second kappa shape index (κ2) is 3.20. The number of aliphatic imine (C=N–C) groups is 1. The summed E-state index contributed by atoms with van der Waals surface area (Å²) in [5, 5.41) is 0. The predicted octanol–water partition coefficient (Wildman–Crippen LogP) is 3.29. The van der Waals surface area contributed by atoms with E-state index in [2.05, 4.69) is 34.6 Å². The van der Waals surface area contributed by atoms with Crippen LogP contribution in [0, 0.1) is 11.8 Å². The van der Waals surface area contributed by atoms with Gasteiger partial charge in [0, 0.05) is 11.6 Å². The SMILES string of the molecule is CCC1=NC(C)(C)C[C@@H]1C(C)C. The van der Waals surface area contributed by atoms with Crippen molar-refractivity contribution in [3.05, 3.63) is 0 Å². The fourth-order valence-corrected chi connectivity index (χ4v) is 2.14. The van der Waals surface area contributed by atoms with Gasteiger partial charge in [0.1, 0.15) is 0 Å². The first-order valence-corrected chi connectivity index (χ1v) is 5.05. The Hall–Kier alpha value is -0.330. The van der Waals surface area contributed by atoms with Gasteiger partial charge in [-0.2, -0.15) is 0 Å². The second-order valence-corrected chi connectivity index (χ2v) is 4.82. The van der Waals surface area contributed by atoms with E-state index in [4.69, 9.17) is 4.99 Å². The standard InChI is InChI=1S/C11H21N/c1-6-10-9(8(2)3)7-11(4,5)12-10/h8-9H,6-7H2,1-5H3/t9-/m1/s1. The molecule has 70 valence electrons. The first-order valence-electron chi connectivity index (χ1n) is 5.05. The summed E-state index contributed by atoms with van der Waals surface area (Å²) in [6.07, 6.45) is 2.38. The van der Waals surface area contributed by atoms with Crippen molar-refractivity contribution in [2.45, 2.75) is 53.0 Å². The van der Waals surface area contributed by atoms with Crippen LogP contribution in [0.2, 0.25) is 0 Å². The molecule has 0 saturated carbocycles. The summed E-state index contributed by atoms with van der Waals surface area (Å²) < 4.78 is 0. The highest BCUT2D eigenvalue weighted by Gasteiger charge is 2.33. The van der Waals surface area contributed by atoms with Crippen molar-refractivity contribution >= 4 is 5.71 Å². The third-order valence-electron chi connectivity index (χ3n) is 2.76. The van der Waals surface area contributed by atoms with Crippen LogP contribution in [0.3, 0.4) is 0 Å². The lowest BCUT2D eigenvalue weighted by Gasteiger charge is -2.19. The largest absolute Gasteiger partial charge is 0.288 e. The first-order chi connectivity index (χ1) is 5.46. The summed E-state index contributed by atoms with van der Waals surface area (Å²) in [6, 6.07) is 0. The molecule has 0 amide bonds. The van der Waals surface area contributed by atoms with Gasteiger partial charge in [0.15, 0.2) is 0 Å². The Morgan fingerprint density at radius 3 is 2.42 bits per heavy atom. The summed E-state index contributed by atoms with van der Waals surface area (Å²) in [5.74, 6) is 1.50. The van der Waals surface area contributed by atoms with Crippen LogP contribution in [0.4, 0.5) is 0 Å². The third-order valence-corrected chi connectivity index (χ3v) is 2.76. The molecule has 0 saturated heterocycles. The van der Waals surface area contributed by atoms with E-state index in [9.17, 15) is 0 Å². The Labute approximate surface area is 76.3 Å². The lowest BCUT2D eigenvalue weighted by Crippen LogP contribution is -2.19. The number of nitrogens with zero attached hydrogens (tertiary/aromatic N) is 1. The normalized spacial score (nSPS) is 27.8. The monoisotopic (exact) mass is 167 g/mol. The van der Waals surface area contributed by atoms with Gasteiger partial charge in [0.05, 0.1) is 5.54 Å². The smallest absolute Gasteiger partial charge is 0.0558 e. The molecule has 1 heteroatoms. The summed E-state index contributed by atoms with van der Waals surface area (Å²) >= 11 is 0. The van der Waals surface area contributed by atoms with Crippen LogP contribution in [0.15, 0.2) is 4.99 Å². The average Bonchev–Trinajstić information content (AvgIpc) is 2.25. The molecule has 0 unspecified atom stereocenters. The molecule has 0 spiro atoms. The van der Waals surface area contributed by atoms with Crippen LogP contribution in [-0.4, -0.2) is 11.3 Å². The summed E-state index contributed by atoms with van der Waals surface area (Å²) in [6.45, 7) is 11.3. The van der Waals surface area contributed by atoms with Crippen LogP contribution in [0.25, 0.3) is 0 Å². The van der Waals surface area contributed by atoms with E-state index in [1.165, 1.54) is 12.1 Å². The van der Waals surface area contributed by atoms with Gasteiger partial charge in [-0.15, -0.1) is 0 Å². The highest BCUT2D eigenvalue weighted by molar-refractivity contribution is 5.88. The van der Waals surface area contributed by atoms with Crippen molar-refractivity contribution in [3.8, 4) is 0 Å². The van der Waals surface area contributed by atoms with Gasteiger partial charge in [-0.3, -0.25) is 4.99 Å². The van der Waals surface area contributed by atoms with Crippen molar-refractivity contribution in [1.29, 1.82) is 0 Å². The lowest BCUT2D eigenvalue weighted by atomic mass is 9.84. The minimum absolute atomic E-state index is 0.209. The molecule has 0 fully saturated rings. The molecule has 1 heterocycles. The molecule has 0 aromatic rings. The fourth-order valence-electron chi connectivity index (χ4n) is 2.14. The molecule has 12 heavy (non-hydrogen) atoms. The molecule has 1 aliphatic rings. The molecule has 0 N–H and O–H groups in total. The van der Waals surface area contributed by atoms with Crippen LogP contribution in [0.5, 0.6) is 0 Å². The molecule has 1 rings (SSSR count). The third kappa shape index (κ3) is 1.88. The molecule has 0 aliphatic carbocycles. The van der Waals surface area contributed by atoms with Crippen molar-refractivity contribution < 1.29 is 0 Å². The van der Waals surface area contributed by atoms with Crippen LogP contribution in [-0.2, 0) is 0 Å². The van der Waals surface area contributed by atoms with Crippen molar-refractivity contribution in [3.63, 3.8) is 0 Å². The summed E-state index contributed by atoms with van der Waals surface area (Å²) in [7, 11) is 0. The zero-order valence-corrected chi connectivity index (χ0v) is 9.02. The second-order valence-electron chi connectivity index (χ2n) is 4.82. The topological polar surface area (TPSA) is 12.4 Å². The van der Waals surface area contributed by atoms with Gasteiger partial charge in [-0.1, -0.05) is 20.8 Å². The number of hydrogen-bond acceptors (Lipinski definition) is 1. The van der Waals surface area contributed by atoms with Gasteiger partial charge in [0.25, 0.3) is 0 Å². The molecule has 1 aliphatic heterocycles. The van der Waals surface area contributed by atoms with Crippen LogP contribution >= 0.6 is 0 Å². The van der Waals surface area contributed by atoms with E-state index < -0.39 is 0 Å². The maximum atomic E-state index is 4.76.